The zero-order valence-electron chi connectivity index (χ0n) is 8.04. The molecule has 0 aromatic heterocycles. The fraction of sp³-hybridized carbons (Fsp3) is 0.300. The monoisotopic (exact) mass is 232 g/mol. The summed E-state index contributed by atoms with van der Waals surface area (Å²) in [6.45, 7) is -1.15. The van der Waals surface area contributed by atoms with Crippen LogP contribution in [0, 0.1) is 0 Å². The Bertz CT molecular complexity index is 366. The minimum Gasteiger partial charge on any atom is -0.435 e. The molecule has 1 aromatic rings. The number of alkyl halides is 2. The van der Waals surface area contributed by atoms with Crippen LogP contribution in [-0.4, -0.2) is 12.4 Å². The van der Waals surface area contributed by atoms with E-state index in [0.717, 1.165) is 0 Å². The highest BCUT2D eigenvalue weighted by molar-refractivity contribution is 7.80. The van der Waals surface area contributed by atoms with Gasteiger partial charge in [-0.3, -0.25) is 4.79 Å². The standard InChI is InChI=1S/C10H10F2O2S/c1-2-8(13)7-4-3-6(5-9(7)15)14-10(11)12/h3-5,10,15H,2H2,1H3. The molecule has 15 heavy (non-hydrogen) atoms. The maximum absolute atomic E-state index is 11.9. The first-order valence-corrected chi connectivity index (χ1v) is 4.80. The van der Waals surface area contributed by atoms with Crippen LogP contribution < -0.4 is 4.74 Å². The van der Waals surface area contributed by atoms with Gasteiger partial charge in [0.25, 0.3) is 0 Å². The summed E-state index contributed by atoms with van der Waals surface area (Å²) in [5.41, 5.74) is 0.419. The topological polar surface area (TPSA) is 26.3 Å². The molecule has 1 rings (SSSR count). The molecule has 0 spiro atoms. The Morgan fingerprint density at radius 3 is 2.67 bits per heavy atom. The van der Waals surface area contributed by atoms with E-state index in [9.17, 15) is 13.6 Å². The Balaban J connectivity index is 2.93. The Morgan fingerprint density at radius 1 is 1.53 bits per heavy atom. The third-order valence-electron chi connectivity index (χ3n) is 1.82. The lowest BCUT2D eigenvalue weighted by Crippen LogP contribution is -2.03. The zero-order chi connectivity index (χ0) is 11.4. The van der Waals surface area contributed by atoms with Gasteiger partial charge >= 0.3 is 6.61 Å². The van der Waals surface area contributed by atoms with Crippen molar-refractivity contribution in [3.8, 4) is 5.75 Å². The highest BCUT2D eigenvalue weighted by Gasteiger charge is 2.10. The van der Waals surface area contributed by atoms with Gasteiger partial charge in [-0.15, -0.1) is 12.6 Å². The van der Waals surface area contributed by atoms with Gasteiger partial charge in [0.15, 0.2) is 5.78 Å². The van der Waals surface area contributed by atoms with E-state index in [0.29, 0.717) is 16.9 Å². The molecule has 0 aliphatic carbocycles. The molecule has 0 radical (unpaired) electrons. The predicted molar refractivity (Wildman–Crippen MR) is 54.9 cm³/mol. The molecule has 0 unspecified atom stereocenters. The van der Waals surface area contributed by atoms with Crippen LogP contribution in [0.5, 0.6) is 5.75 Å². The molecule has 0 aliphatic rings. The molecule has 0 saturated heterocycles. The maximum atomic E-state index is 11.9. The van der Waals surface area contributed by atoms with E-state index < -0.39 is 6.61 Å². The van der Waals surface area contributed by atoms with Gasteiger partial charge in [-0.05, 0) is 18.2 Å². The molecule has 0 heterocycles. The molecule has 0 fully saturated rings. The fourth-order valence-corrected chi connectivity index (χ4v) is 1.44. The van der Waals surface area contributed by atoms with E-state index in [4.69, 9.17) is 0 Å². The molecule has 2 nitrogen and oxygen atoms in total. The van der Waals surface area contributed by atoms with E-state index in [1.807, 2.05) is 0 Å². The number of Topliss-reactive ketones (excluding diaryl/α,β-unsaturated/α-hetero) is 1. The normalized spacial score (nSPS) is 10.5. The maximum Gasteiger partial charge on any atom is 0.387 e. The van der Waals surface area contributed by atoms with Gasteiger partial charge in [-0.25, -0.2) is 0 Å². The molecule has 5 heteroatoms. The number of hydrogen-bond acceptors (Lipinski definition) is 3. The predicted octanol–water partition coefficient (Wildman–Crippen LogP) is 3.17. The Hall–Kier alpha value is -1.10. The van der Waals surface area contributed by atoms with E-state index in [1.165, 1.54) is 18.2 Å². The minimum atomic E-state index is -2.87. The van der Waals surface area contributed by atoms with Crippen LogP contribution in [0.1, 0.15) is 23.7 Å². The smallest absolute Gasteiger partial charge is 0.387 e. The summed E-state index contributed by atoms with van der Waals surface area (Å²) in [6.07, 6.45) is 0.350. The molecule has 0 aliphatic heterocycles. The van der Waals surface area contributed by atoms with Crippen LogP contribution in [-0.2, 0) is 0 Å². The van der Waals surface area contributed by atoms with Crippen molar-refractivity contribution in [3.63, 3.8) is 0 Å². The van der Waals surface area contributed by atoms with Crippen LogP contribution >= 0.6 is 12.6 Å². The Morgan fingerprint density at radius 2 is 2.20 bits per heavy atom. The van der Waals surface area contributed by atoms with Crippen LogP contribution in [0.3, 0.4) is 0 Å². The summed E-state index contributed by atoms with van der Waals surface area (Å²) in [4.78, 5) is 11.7. The third-order valence-corrected chi connectivity index (χ3v) is 2.19. The van der Waals surface area contributed by atoms with Gasteiger partial charge in [-0.1, -0.05) is 6.92 Å². The van der Waals surface area contributed by atoms with Gasteiger partial charge in [0.1, 0.15) is 5.75 Å². The number of halogens is 2. The van der Waals surface area contributed by atoms with Crippen molar-refractivity contribution in [1.82, 2.24) is 0 Å². The Labute approximate surface area is 91.7 Å². The quantitative estimate of drug-likeness (QED) is 0.637. The number of carbonyl (C=O) groups excluding carboxylic acids is 1. The third kappa shape index (κ3) is 3.20. The van der Waals surface area contributed by atoms with Crippen molar-refractivity contribution in [2.24, 2.45) is 0 Å². The second kappa shape index (κ2) is 5.11. The van der Waals surface area contributed by atoms with E-state index in [1.54, 1.807) is 6.92 Å². The summed E-state index contributed by atoms with van der Waals surface area (Å²) in [5, 5.41) is 0. The highest BCUT2D eigenvalue weighted by Crippen LogP contribution is 2.23. The van der Waals surface area contributed by atoms with Crippen LogP contribution in [0.25, 0.3) is 0 Å². The number of benzene rings is 1. The average molecular weight is 232 g/mol. The van der Waals surface area contributed by atoms with E-state index in [2.05, 4.69) is 17.4 Å². The molecule has 0 bridgehead atoms. The second-order valence-electron chi connectivity index (χ2n) is 2.83. The average Bonchev–Trinajstić information content (AvgIpc) is 2.16. The fourth-order valence-electron chi connectivity index (χ4n) is 1.11. The van der Waals surface area contributed by atoms with Gasteiger partial charge < -0.3 is 4.74 Å². The summed E-state index contributed by atoms with van der Waals surface area (Å²) in [6, 6.07) is 4.07. The van der Waals surface area contributed by atoms with Crippen molar-refractivity contribution < 1.29 is 18.3 Å². The highest BCUT2D eigenvalue weighted by atomic mass is 32.1. The Kier molecular flexibility index (Phi) is 4.08. The zero-order valence-corrected chi connectivity index (χ0v) is 8.93. The van der Waals surface area contributed by atoms with E-state index >= 15 is 0 Å². The first-order chi connectivity index (χ1) is 7.04. The second-order valence-corrected chi connectivity index (χ2v) is 3.32. The molecule has 1 aromatic carbocycles. The number of carbonyl (C=O) groups is 1. The lowest BCUT2D eigenvalue weighted by atomic mass is 10.1. The number of ketones is 1. The van der Waals surface area contributed by atoms with Crippen molar-refractivity contribution in [3.05, 3.63) is 23.8 Å². The molecule has 82 valence electrons. The first kappa shape index (κ1) is 12.0. The van der Waals surface area contributed by atoms with Gasteiger partial charge in [0, 0.05) is 16.9 Å². The van der Waals surface area contributed by atoms with Crippen molar-refractivity contribution in [2.75, 3.05) is 0 Å². The molecule has 0 atom stereocenters. The number of rotatable bonds is 4. The van der Waals surface area contributed by atoms with Crippen LogP contribution in [0.2, 0.25) is 0 Å². The molecular weight excluding hydrogens is 222 g/mol. The lowest BCUT2D eigenvalue weighted by molar-refractivity contribution is -0.0499. The van der Waals surface area contributed by atoms with Gasteiger partial charge in [0.2, 0.25) is 0 Å². The molecule has 0 amide bonds. The largest absolute Gasteiger partial charge is 0.435 e. The minimum absolute atomic E-state index is 0.00246. The van der Waals surface area contributed by atoms with Crippen molar-refractivity contribution in [1.29, 1.82) is 0 Å². The van der Waals surface area contributed by atoms with Gasteiger partial charge in [0.05, 0.1) is 0 Å². The van der Waals surface area contributed by atoms with Crippen LogP contribution in [0.4, 0.5) is 8.78 Å². The lowest BCUT2D eigenvalue weighted by Gasteiger charge is -2.07. The first-order valence-electron chi connectivity index (χ1n) is 4.35. The molecule has 0 N–H and O–H groups in total. The van der Waals surface area contributed by atoms with Gasteiger partial charge in [-0.2, -0.15) is 8.78 Å². The number of ether oxygens (including phenoxy) is 1. The molecule has 0 saturated carbocycles. The summed E-state index contributed by atoms with van der Waals surface area (Å²) in [7, 11) is 0. The van der Waals surface area contributed by atoms with E-state index in [-0.39, 0.29) is 11.5 Å². The van der Waals surface area contributed by atoms with Crippen LogP contribution in [0.15, 0.2) is 23.1 Å². The van der Waals surface area contributed by atoms with Crippen molar-refractivity contribution >= 4 is 18.4 Å². The SMILES string of the molecule is CCC(=O)c1ccc(OC(F)F)cc1S. The summed E-state index contributed by atoms with van der Waals surface area (Å²) in [5.74, 6) is -0.0775. The number of hydrogen-bond donors (Lipinski definition) is 1. The number of thiol groups is 1. The van der Waals surface area contributed by atoms with Crippen molar-refractivity contribution in [2.45, 2.75) is 24.9 Å². The molecular formula is C10H10F2O2S. The summed E-state index contributed by atoms with van der Waals surface area (Å²) >= 11 is 4.04. The summed E-state index contributed by atoms with van der Waals surface area (Å²) < 4.78 is 27.9.